The Morgan fingerprint density at radius 2 is 1.94 bits per heavy atom. The molecular formula is C12H25N3OS. The van der Waals surface area contributed by atoms with Crippen LogP contribution in [-0.2, 0) is 4.79 Å². The lowest BCUT2D eigenvalue weighted by Gasteiger charge is -2.23. The van der Waals surface area contributed by atoms with Crippen LogP contribution in [0.4, 0.5) is 0 Å². The predicted molar refractivity (Wildman–Crippen MR) is 76.0 cm³/mol. The van der Waals surface area contributed by atoms with Crippen LogP contribution in [0.3, 0.4) is 0 Å². The summed E-state index contributed by atoms with van der Waals surface area (Å²) in [5.41, 5.74) is 5.50. The number of carbonyl (C=O) groups excluding carboxylic acids is 1. The van der Waals surface area contributed by atoms with Gasteiger partial charge in [-0.05, 0) is 12.8 Å². The fraction of sp³-hybridized carbons (Fsp3) is 0.833. The Morgan fingerprint density at radius 1 is 1.35 bits per heavy atom. The SMILES string of the molecule is CCNC(=O)CCN(CCC(N)=S)CC(C)C. The van der Waals surface area contributed by atoms with Gasteiger partial charge in [0.05, 0.1) is 4.99 Å². The highest BCUT2D eigenvalue weighted by molar-refractivity contribution is 7.80. The van der Waals surface area contributed by atoms with Gasteiger partial charge >= 0.3 is 0 Å². The smallest absolute Gasteiger partial charge is 0.221 e. The maximum Gasteiger partial charge on any atom is 0.221 e. The van der Waals surface area contributed by atoms with Crippen molar-refractivity contribution in [1.82, 2.24) is 10.2 Å². The molecule has 0 fully saturated rings. The summed E-state index contributed by atoms with van der Waals surface area (Å²) in [6, 6.07) is 0. The number of nitrogens with two attached hydrogens (primary N) is 1. The van der Waals surface area contributed by atoms with E-state index in [2.05, 4.69) is 24.1 Å². The first-order chi connectivity index (χ1) is 7.95. The highest BCUT2D eigenvalue weighted by Crippen LogP contribution is 2.01. The minimum atomic E-state index is 0.108. The summed E-state index contributed by atoms with van der Waals surface area (Å²) >= 11 is 4.88. The molecule has 0 saturated heterocycles. The average molecular weight is 259 g/mol. The lowest BCUT2D eigenvalue weighted by Crippen LogP contribution is -2.35. The van der Waals surface area contributed by atoms with Crippen molar-refractivity contribution < 1.29 is 4.79 Å². The van der Waals surface area contributed by atoms with E-state index in [1.165, 1.54) is 0 Å². The van der Waals surface area contributed by atoms with Gasteiger partial charge in [0.2, 0.25) is 5.91 Å². The van der Waals surface area contributed by atoms with Crippen LogP contribution in [0.2, 0.25) is 0 Å². The fourth-order valence-electron chi connectivity index (χ4n) is 1.62. The van der Waals surface area contributed by atoms with Crippen molar-refractivity contribution >= 4 is 23.1 Å². The number of nitrogens with one attached hydrogen (secondary N) is 1. The maximum absolute atomic E-state index is 11.4. The van der Waals surface area contributed by atoms with Crippen molar-refractivity contribution in [1.29, 1.82) is 0 Å². The van der Waals surface area contributed by atoms with E-state index >= 15 is 0 Å². The van der Waals surface area contributed by atoms with Gasteiger partial charge in [-0.15, -0.1) is 0 Å². The summed E-state index contributed by atoms with van der Waals surface area (Å²) in [6.45, 7) is 9.54. The predicted octanol–water partition coefficient (Wildman–Crippen LogP) is 1.15. The number of carbonyl (C=O) groups is 1. The Bertz CT molecular complexity index is 244. The van der Waals surface area contributed by atoms with Crippen molar-refractivity contribution in [2.24, 2.45) is 11.7 Å². The molecule has 0 aromatic rings. The first-order valence-electron chi connectivity index (χ1n) is 6.23. The molecular weight excluding hydrogens is 234 g/mol. The van der Waals surface area contributed by atoms with Crippen molar-refractivity contribution in [3.05, 3.63) is 0 Å². The largest absolute Gasteiger partial charge is 0.393 e. The Balaban J connectivity index is 4.00. The van der Waals surface area contributed by atoms with Crippen molar-refractivity contribution in [3.8, 4) is 0 Å². The van der Waals surface area contributed by atoms with Gasteiger partial charge in [-0.3, -0.25) is 4.79 Å². The molecule has 0 bridgehead atoms. The molecule has 0 spiro atoms. The second-order valence-corrected chi connectivity index (χ2v) is 5.14. The minimum absolute atomic E-state index is 0.108. The monoisotopic (exact) mass is 259 g/mol. The van der Waals surface area contributed by atoms with Crippen LogP contribution in [0, 0.1) is 5.92 Å². The fourth-order valence-corrected chi connectivity index (χ4v) is 1.72. The second kappa shape index (κ2) is 9.36. The molecule has 0 aliphatic rings. The molecule has 0 aliphatic carbocycles. The number of hydrogen-bond donors (Lipinski definition) is 2. The third-order valence-electron chi connectivity index (χ3n) is 2.33. The van der Waals surface area contributed by atoms with Crippen LogP contribution in [0.1, 0.15) is 33.6 Å². The Labute approximate surface area is 110 Å². The molecule has 0 heterocycles. The lowest BCUT2D eigenvalue weighted by molar-refractivity contribution is -0.121. The molecule has 0 radical (unpaired) electrons. The highest BCUT2D eigenvalue weighted by atomic mass is 32.1. The molecule has 0 aromatic carbocycles. The van der Waals surface area contributed by atoms with Gasteiger partial charge in [-0.1, -0.05) is 26.1 Å². The van der Waals surface area contributed by atoms with Crippen LogP contribution < -0.4 is 11.1 Å². The van der Waals surface area contributed by atoms with E-state index in [4.69, 9.17) is 18.0 Å². The van der Waals surface area contributed by atoms with E-state index in [0.29, 0.717) is 23.9 Å². The molecule has 0 unspecified atom stereocenters. The van der Waals surface area contributed by atoms with E-state index in [9.17, 15) is 4.79 Å². The van der Waals surface area contributed by atoms with Gasteiger partial charge in [-0.2, -0.15) is 0 Å². The topological polar surface area (TPSA) is 58.4 Å². The van der Waals surface area contributed by atoms with Crippen molar-refractivity contribution in [2.45, 2.75) is 33.6 Å². The van der Waals surface area contributed by atoms with E-state index in [-0.39, 0.29) is 5.91 Å². The third kappa shape index (κ3) is 10.2. The van der Waals surface area contributed by atoms with Crippen LogP contribution in [0.5, 0.6) is 0 Å². The van der Waals surface area contributed by atoms with E-state index in [1.807, 2.05) is 6.92 Å². The molecule has 4 nitrogen and oxygen atoms in total. The molecule has 5 heteroatoms. The molecule has 0 aromatic heterocycles. The molecule has 0 aliphatic heterocycles. The van der Waals surface area contributed by atoms with Crippen LogP contribution in [0.25, 0.3) is 0 Å². The zero-order valence-corrected chi connectivity index (χ0v) is 12.0. The normalized spacial score (nSPS) is 10.9. The third-order valence-corrected chi connectivity index (χ3v) is 2.53. The molecule has 100 valence electrons. The van der Waals surface area contributed by atoms with Gasteiger partial charge < -0.3 is 16.0 Å². The van der Waals surface area contributed by atoms with Crippen LogP contribution >= 0.6 is 12.2 Å². The first kappa shape index (κ1) is 16.3. The lowest BCUT2D eigenvalue weighted by atomic mass is 10.2. The molecule has 1 amide bonds. The van der Waals surface area contributed by atoms with Gasteiger partial charge in [0, 0.05) is 39.0 Å². The van der Waals surface area contributed by atoms with Gasteiger partial charge in [-0.25, -0.2) is 0 Å². The zero-order chi connectivity index (χ0) is 13.3. The first-order valence-corrected chi connectivity index (χ1v) is 6.63. The summed E-state index contributed by atoms with van der Waals surface area (Å²) in [5, 5.41) is 2.80. The molecule has 3 N–H and O–H groups in total. The maximum atomic E-state index is 11.4. The summed E-state index contributed by atoms with van der Waals surface area (Å²) in [4.78, 5) is 14.2. The number of hydrogen-bond acceptors (Lipinski definition) is 3. The van der Waals surface area contributed by atoms with Gasteiger partial charge in [0.1, 0.15) is 0 Å². The Hall–Kier alpha value is -0.680. The number of thiocarbonyl (C=S) groups is 1. The molecule has 17 heavy (non-hydrogen) atoms. The summed E-state index contributed by atoms with van der Waals surface area (Å²) in [5.74, 6) is 0.687. The van der Waals surface area contributed by atoms with E-state index in [0.717, 1.165) is 26.1 Å². The Kier molecular flexibility index (Phi) is 8.99. The highest BCUT2D eigenvalue weighted by Gasteiger charge is 2.09. The zero-order valence-electron chi connectivity index (χ0n) is 11.2. The average Bonchev–Trinajstić information content (AvgIpc) is 2.21. The van der Waals surface area contributed by atoms with Crippen molar-refractivity contribution in [2.75, 3.05) is 26.2 Å². The minimum Gasteiger partial charge on any atom is -0.393 e. The van der Waals surface area contributed by atoms with Crippen LogP contribution in [-0.4, -0.2) is 42.0 Å². The number of nitrogens with zero attached hydrogens (tertiary/aromatic N) is 1. The van der Waals surface area contributed by atoms with Gasteiger partial charge in [0.15, 0.2) is 0 Å². The second-order valence-electron chi connectivity index (χ2n) is 4.61. The standard InChI is InChI=1S/C12H25N3OS/c1-4-14-12(16)6-8-15(9-10(2)3)7-5-11(13)17/h10H,4-9H2,1-3H3,(H2,13,17)(H,14,16). The van der Waals surface area contributed by atoms with Crippen molar-refractivity contribution in [3.63, 3.8) is 0 Å². The van der Waals surface area contributed by atoms with Crippen LogP contribution in [0.15, 0.2) is 0 Å². The summed E-state index contributed by atoms with van der Waals surface area (Å²) in [7, 11) is 0. The molecule has 0 saturated carbocycles. The summed E-state index contributed by atoms with van der Waals surface area (Å²) < 4.78 is 0. The Morgan fingerprint density at radius 3 is 2.41 bits per heavy atom. The summed E-state index contributed by atoms with van der Waals surface area (Å²) in [6.07, 6.45) is 1.26. The molecule has 0 atom stereocenters. The number of amides is 1. The van der Waals surface area contributed by atoms with E-state index < -0.39 is 0 Å². The van der Waals surface area contributed by atoms with Gasteiger partial charge in [0.25, 0.3) is 0 Å². The number of rotatable bonds is 9. The molecule has 0 rings (SSSR count). The van der Waals surface area contributed by atoms with E-state index in [1.54, 1.807) is 0 Å². The quantitative estimate of drug-likeness (QED) is 0.610.